The predicted octanol–water partition coefficient (Wildman–Crippen LogP) is -1.20. The first-order valence-corrected chi connectivity index (χ1v) is 5.61. The molecule has 1 unspecified atom stereocenters. The first-order valence-electron chi connectivity index (χ1n) is 4.24. The van der Waals surface area contributed by atoms with Gasteiger partial charge >= 0.3 is 14.0 Å². The number of aliphatic hydroxyl groups is 1. The molecule has 0 saturated carbocycles. The Kier molecular flexibility index (Phi) is 2.59. The molecule has 3 rings (SSSR count). The predicted molar refractivity (Wildman–Crippen MR) is 42.6 cm³/mol. The first kappa shape index (κ1) is 10.4. The van der Waals surface area contributed by atoms with E-state index in [1.807, 2.05) is 0 Å². The standard InChI is InChI=1S/C7H11O6P/c8-1-6-2-11-7(12-3-6,13-4-6)5-14(9)10/h8H,1-5H2. The average Bonchev–Trinajstić information content (AvgIpc) is 2.19. The fraction of sp³-hybridized carbons (Fsp3) is 1.00. The Labute approximate surface area is 81.6 Å². The second-order valence-electron chi connectivity index (χ2n) is 3.70. The van der Waals surface area contributed by atoms with Crippen molar-refractivity contribution in [2.24, 2.45) is 5.41 Å². The quantitative estimate of drug-likeness (QED) is 0.603. The molecule has 1 N–H and O–H groups in total. The molecule has 0 radical (unpaired) electrons. The van der Waals surface area contributed by atoms with Gasteiger partial charge in [-0.15, -0.1) is 0 Å². The zero-order chi connectivity index (χ0) is 10.2. The molecule has 14 heavy (non-hydrogen) atoms. The molecular weight excluding hydrogens is 211 g/mol. The Hall–Kier alpha value is -0.100. The molecule has 2 bridgehead atoms. The van der Waals surface area contributed by atoms with Crippen molar-refractivity contribution >= 4 is 8.03 Å². The Morgan fingerprint density at radius 2 is 1.79 bits per heavy atom. The van der Waals surface area contributed by atoms with Crippen LogP contribution in [0.4, 0.5) is 0 Å². The van der Waals surface area contributed by atoms with Crippen LogP contribution in [0.15, 0.2) is 0 Å². The molecule has 3 heterocycles. The third-order valence-corrected chi connectivity index (χ3v) is 3.10. The van der Waals surface area contributed by atoms with E-state index in [1.165, 1.54) is 0 Å². The highest BCUT2D eigenvalue weighted by atomic mass is 31.1. The van der Waals surface area contributed by atoms with E-state index in [1.54, 1.807) is 0 Å². The van der Waals surface area contributed by atoms with Gasteiger partial charge in [-0.3, -0.25) is 0 Å². The molecule has 3 fully saturated rings. The van der Waals surface area contributed by atoms with Crippen LogP contribution >= 0.6 is 8.03 Å². The summed E-state index contributed by atoms with van der Waals surface area (Å²) in [5, 5.41) is 9.07. The Morgan fingerprint density at radius 1 is 1.29 bits per heavy atom. The van der Waals surface area contributed by atoms with Gasteiger partial charge in [0, 0.05) is 0 Å². The van der Waals surface area contributed by atoms with Gasteiger partial charge in [0.15, 0.2) is 0 Å². The molecule has 80 valence electrons. The number of fused-ring (bicyclic) bond motifs is 3. The molecule has 6 nitrogen and oxygen atoms in total. The summed E-state index contributed by atoms with van der Waals surface area (Å²) >= 11 is 0. The first-order chi connectivity index (χ1) is 6.60. The molecule has 0 aromatic heterocycles. The number of aliphatic hydroxyl groups excluding tert-OH is 1. The fourth-order valence-electron chi connectivity index (χ4n) is 1.47. The summed E-state index contributed by atoms with van der Waals surface area (Å²) in [5.74, 6) is -1.42. The van der Waals surface area contributed by atoms with E-state index in [-0.39, 0.29) is 32.6 Å². The van der Waals surface area contributed by atoms with Gasteiger partial charge in [-0.05, 0) is 0 Å². The number of rotatable bonds is 3. The van der Waals surface area contributed by atoms with Crippen LogP contribution in [0.25, 0.3) is 0 Å². The van der Waals surface area contributed by atoms with E-state index in [0.29, 0.717) is 0 Å². The topological polar surface area (TPSA) is 88.1 Å². The zero-order valence-corrected chi connectivity index (χ0v) is 8.37. The van der Waals surface area contributed by atoms with Crippen molar-refractivity contribution in [2.75, 3.05) is 32.6 Å². The largest absolute Gasteiger partial charge is 0.595 e. The number of hydrogen-bond acceptors (Lipinski definition) is 6. The van der Waals surface area contributed by atoms with E-state index < -0.39 is 19.4 Å². The fourth-order valence-corrected chi connectivity index (χ4v) is 2.06. The lowest BCUT2D eigenvalue weighted by Crippen LogP contribution is -2.62. The van der Waals surface area contributed by atoms with Gasteiger partial charge < -0.3 is 24.2 Å². The van der Waals surface area contributed by atoms with Crippen molar-refractivity contribution in [2.45, 2.75) is 5.97 Å². The summed E-state index contributed by atoms with van der Waals surface area (Å²) in [6, 6.07) is 0. The van der Waals surface area contributed by atoms with Crippen LogP contribution in [0.3, 0.4) is 0 Å². The monoisotopic (exact) mass is 222 g/mol. The highest BCUT2D eigenvalue weighted by Crippen LogP contribution is 2.40. The highest BCUT2D eigenvalue weighted by Gasteiger charge is 2.55. The van der Waals surface area contributed by atoms with E-state index in [4.69, 9.17) is 19.3 Å². The van der Waals surface area contributed by atoms with Crippen LogP contribution in [0, 0.1) is 5.41 Å². The van der Waals surface area contributed by atoms with E-state index in [2.05, 4.69) is 0 Å². The smallest absolute Gasteiger partial charge is 0.329 e. The van der Waals surface area contributed by atoms with Gasteiger partial charge in [-0.2, -0.15) is 0 Å². The lowest BCUT2D eigenvalue weighted by molar-refractivity contribution is -0.460. The second kappa shape index (κ2) is 3.48. The van der Waals surface area contributed by atoms with Gasteiger partial charge in [0.2, 0.25) is 6.16 Å². The third kappa shape index (κ3) is 1.69. The molecule has 0 amide bonds. The second-order valence-corrected chi connectivity index (χ2v) is 4.68. The summed E-state index contributed by atoms with van der Waals surface area (Å²) in [5.41, 5.74) is -0.518. The SMILES string of the molecule is O=[P+]([O-])CC12OCC(CO)(CO1)CO2. The molecule has 1 atom stereocenters. The maximum Gasteiger partial charge on any atom is 0.329 e. The molecule has 7 heteroatoms. The number of ether oxygens (including phenoxy) is 3. The molecule has 3 aliphatic rings. The van der Waals surface area contributed by atoms with Crippen molar-refractivity contribution < 1.29 is 28.8 Å². The summed E-state index contributed by atoms with van der Waals surface area (Å²) in [7, 11) is -2.61. The van der Waals surface area contributed by atoms with E-state index in [9.17, 15) is 9.46 Å². The third-order valence-electron chi connectivity index (χ3n) is 2.45. The molecule has 3 saturated heterocycles. The van der Waals surface area contributed by atoms with Crippen LogP contribution in [0.1, 0.15) is 0 Å². The molecular formula is C7H11O6P. The molecule has 3 aliphatic heterocycles. The van der Waals surface area contributed by atoms with Crippen molar-refractivity contribution in [1.29, 1.82) is 0 Å². The zero-order valence-electron chi connectivity index (χ0n) is 7.47. The summed E-state index contributed by atoms with van der Waals surface area (Å²) in [6.07, 6.45) is -0.302. The van der Waals surface area contributed by atoms with E-state index in [0.717, 1.165) is 0 Å². The molecule has 0 aliphatic carbocycles. The van der Waals surface area contributed by atoms with Crippen LogP contribution in [-0.2, 0) is 18.8 Å². The molecule has 0 aromatic carbocycles. The molecule has 0 aromatic rings. The summed E-state index contributed by atoms with van der Waals surface area (Å²) in [6.45, 7) is 0.721. The minimum absolute atomic E-state index is 0.0907. The van der Waals surface area contributed by atoms with Crippen molar-refractivity contribution in [1.82, 2.24) is 0 Å². The van der Waals surface area contributed by atoms with Crippen LogP contribution in [0.2, 0.25) is 0 Å². The van der Waals surface area contributed by atoms with Crippen molar-refractivity contribution in [3.05, 3.63) is 0 Å². The number of hydrogen-bond donors (Lipinski definition) is 1. The Balaban J connectivity index is 2.05. The maximum absolute atomic E-state index is 10.5. The lowest BCUT2D eigenvalue weighted by atomic mass is 9.90. The van der Waals surface area contributed by atoms with E-state index >= 15 is 0 Å². The van der Waals surface area contributed by atoms with Crippen LogP contribution in [0.5, 0.6) is 0 Å². The van der Waals surface area contributed by atoms with Gasteiger partial charge in [-0.1, -0.05) is 4.57 Å². The van der Waals surface area contributed by atoms with Crippen LogP contribution in [-0.4, -0.2) is 43.7 Å². The lowest BCUT2D eigenvalue weighted by Gasteiger charge is -2.49. The normalized spacial score (nSPS) is 42.6. The minimum atomic E-state index is -2.61. The van der Waals surface area contributed by atoms with Gasteiger partial charge in [0.1, 0.15) is 0 Å². The maximum atomic E-state index is 10.5. The minimum Gasteiger partial charge on any atom is -0.595 e. The summed E-state index contributed by atoms with van der Waals surface area (Å²) < 4.78 is 26.1. The van der Waals surface area contributed by atoms with Crippen LogP contribution < -0.4 is 4.89 Å². The van der Waals surface area contributed by atoms with Gasteiger partial charge in [0.05, 0.1) is 31.8 Å². The average molecular weight is 222 g/mol. The van der Waals surface area contributed by atoms with Crippen molar-refractivity contribution in [3.8, 4) is 0 Å². The highest BCUT2D eigenvalue weighted by molar-refractivity contribution is 7.36. The Morgan fingerprint density at radius 3 is 2.14 bits per heavy atom. The molecule has 0 spiro atoms. The Bertz CT molecular complexity index is 230. The van der Waals surface area contributed by atoms with Gasteiger partial charge in [0.25, 0.3) is 0 Å². The van der Waals surface area contributed by atoms with Gasteiger partial charge in [-0.25, -0.2) is 0 Å². The summed E-state index contributed by atoms with van der Waals surface area (Å²) in [4.78, 5) is 10.5. The van der Waals surface area contributed by atoms with Crippen molar-refractivity contribution in [3.63, 3.8) is 0 Å².